The molecule has 0 fully saturated rings. The van der Waals surface area contributed by atoms with Gasteiger partial charge in [0.05, 0.1) is 0 Å². The van der Waals surface area contributed by atoms with Gasteiger partial charge < -0.3 is 25.2 Å². The summed E-state index contributed by atoms with van der Waals surface area (Å²) in [5.41, 5.74) is 5.28. The number of fused-ring (bicyclic) bond motifs is 1. The van der Waals surface area contributed by atoms with E-state index in [4.69, 9.17) is 25.2 Å². The zero-order valence-corrected chi connectivity index (χ0v) is 8.55. The molecule has 0 aromatic heterocycles. The highest BCUT2D eigenvalue weighted by molar-refractivity contribution is 5.81. The van der Waals surface area contributed by atoms with Crippen molar-refractivity contribution < 1.29 is 19.4 Å². The van der Waals surface area contributed by atoms with Crippen LogP contribution in [-0.4, -0.2) is 30.9 Å². The van der Waals surface area contributed by atoms with Crippen LogP contribution in [0.15, 0.2) is 23.4 Å². The number of ether oxygens (including phenoxy) is 3. The molecule has 1 heterocycles. The van der Waals surface area contributed by atoms with Crippen molar-refractivity contribution in [2.75, 3.05) is 19.8 Å². The lowest BCUT2D eigenvalue weighted by Gasteiger charge is -2.18. The fourth-order valence-corrected chi connectivity index (χ4v) is 1.30. The molecule has 16 heavy (non-hydrogen) atoms. The van der Waals surface area contributed by atoms with Crippen LogP contribution in [-0.2, 0) is 0 Å². The Morgan fingerprint density at radius 3 is 2.88 bits per heavy atom. The van der Waals surface area contributed by atoms with Gasteiger partial charge in [-0.15, -0.1) is 0 Å². The Morgan fingerprint density at radius 2 is 2.12 bits per heavy atom. The average molecular weight is 224 g/mol. The van der Waals surface area contributed by atoms with E-state index < -0.39 is 0 Å². The first-order valence-electron chi connectivity index (χ1n) is 4.78. The van der Waals surface area contributed by atoms with Crippen LogP contribution in [0.3, 0.4) is 0 Å². The van der Waals surface area contributed by atoms with Crippen LogP contribution >= 0.6 is 0 Å². The van der Waals surface area contributed by atoms with Crippen molar-refractivity contribution >= 4 is 5.84 Å². The summed E-state index contributed by atoms with van der Waals surface area (Å²) in [6.07, 6.45) is 0. The van der Waals surface area contributed by atoms with Crippen molar-refractivity contribution in [3.63, 3.8) is 0 Å². The van der Waals surface area contributed by atoms with Gasteiger partial charge in [0.2, 0.25) is 0 Å². The molecule has 0 radical (unpaired) electrons. The summed E-state index contributed by atoms with van der Waals surface area (Å²) in [4.78, 5) is 0. The highest BCUT2D eigenvalue weighted by Gasteiger charge is 2.12. The molecule has 1 aromatic carbocycles. The van der Waals surface area contributed by atoms with E-state index in [-0.39, 0.29) is 12.4 Å². The van der Waals surface area contributed by atoms with Crippen LogP contribution in [0.4, 0.5) is 0 Å². The predicted molar refractivity (Wildman–Crippen MR) is 56.3 cm³/mol. The number of hydrogen-bond donors (Lipinski definition) is 2. The van der Waals surface area contributed by atoms with E-state index in [0.29, 0.717) is 30.5 Å². The fraction of sp³-hybridized carbons (Fsp3) is 0.300. The van der Waals surface area contributed by atoms with Gasteiger partial charge in [0.1, 0.15) is 25.6 Å². The maximum atomic E-state index is 8.34. The van der Waals surface area contributed by atoms with Gasteiger partial charge in [-0.2, -0.15) is 0 Å². The second-order valence-electron chi connectivity index (χ2n) is 3.19. The molecule has 0 amide bonds. The minimum absolute atomic E-state index is 0.00916. The van der Waals surface area contributed by atoms with Crippen LogP contribution in [0.2, 0.25) is 0 Å². The van der Waals surface area contributed by atoms with Gasteiger partial charge in [-0.3, -0.25) is 0 Å². The maximum Gasteiger partial charge on any atom is 0.177 e. The summed E-state index contributed by atoms with van der Waals surface area (Å²) < 4.78 is 16.0. The minimum atomic E-state index is 0.00916. The second-order valence-corrected chi connectivity index (χ2v) is 3.19. The van der Waals surface area contributed by atoms with Crippen molar-refractivity contribution in [1.29, 1.82) is 0 Å². The van der Waals surface area contributed by atoms with Crippen molar-refractivity contribution in [3.8, 4) is 17.2 Å². The first-order valence-corrected chi connectivity index (χ1v) is 4.78. The Kier molecular flexibility index (Phi) is 3.00. The number of rotatable bonds is 3. The molecule has 6 heteroatoms. The molecule has 0 saturated heterocycles. The summed E-state index contributed by atoms with van der Waals surface area (Å²) >= 11 is 0. The average Bonchev–Trinajstić information content (AvgIpc) is 2.35. The van der Waals surface area contributed by atoms with E-state index in [1.165, 1.54) is 0 Å². The number of hydrogen-bond acceptors (Lipinski definition) is 5. The van der Waals surface area contributed by atoms with Crippen molar-refractivity contribution in [2.45, 2.75) is 0 Å². The molecule has 2 rings (SSSR count). The third-order valence-electron chi connectivity index (χ3n) is 2.03. The number of oxime groups is 1. The number of nitrogens with two attached hydrogens (primary N) is 1. The van der Waals surface area contributed by atoms with E-state index in [0.717, 1.165) is 0 Å². The molecule has 0 bridgehead atoms. The topological polar surface area (TPSA) is 86.3 Å². The number of nitrogens with zero attached hydrogens (tertiary/aromatic N) is 1. The van der Waals surface area contributed by atoms with Crippen LogP contribution in [0, 0.1) is 0 Å². The van der Waals surface area contributed by atoms with Crippen molar-refractivity contribution in [3.05, 3.63) is 18.2 Å². The maximum absolute atomic E-state index is 8.34. The summed E-state index contributed by atoms with van der Waals surface area (Å²) in [6, 6.07) is 5.20. The predicted octanol–water partition coefficient (Wildman–Crippen LogP) is 0.583. The van der Waals surface area contributed by atoms with Gasteiger partial charge in [-0.05, 0) is 12.1 Å². The highest BCUT2D eigenvalue weighted by atomic mass is 16.6. The molecule has 1 aliphatic rings. The summed E-state index contributed by atoms with van der Waals surface area (Å²) in [5, 5.41) is 11.1. The zero-order valence-electron chi connectivity index (χ0n) is 8.55. The second kappa shape index (κ2) is 4.61. The fourth-order valence-electron chi connectivity index (χ4n) is 1.30. The Morgan fingerprint density at radius 1 is 1.38 bits per heavy atom. The normalized spacial score (nSPS) is 14.6. The Hall–Kier alpha value is -2.11. The van der Waals surface area contributed by atoms with E-state index in [1.807, 2.05) is 0 Å². The summed E-state index contributed by atoms with van der Waals surface area (Å²) in [6.45, 7) is 1.10. The van der Waals surface area contributed by atoms with Crippen molar-refractivity contribution in [2.24, 2.45) is 10.9 Å². The lowest BCUT2D eigenvalue weighted by Crippen LogP contribution is -2.21. The number of benzene rings is 1. The molecule has 0 atom stereocenters. The monoisotopic (exact) mass is 224 g/mol. The molecular formula is C10H12N2O4. The molecule has 1 aliphatic heterocycles. The van der Waals surface area contributed by atoms with Crippen LogP contribution in [0.25, 0.3) is 0 Å². The summed E-state index contributed by atoms with van der Waals surface area (Å²) in [5.74, 6) is 1.93. The quantitative estimate of drug-likeness (QED) is 0.339. The van der Waals surface area contributed by atoms with Crippen LogP contribution < -0.4 is 19.9 Å². The minimum Gasteiger partial charge on any atom is -0.486 e. The van der Waals surface area contributed by atoms with E-state index >= 15 is 0 Å². The first-order chi connectivity index (χ1) is 7.79. The largest absolute Gasteiger partial charge is 0.486 e. The molecule has 6 nitrogen and oxygen atoms in total. The van der Waals surface area contributed by atoms with Gasteiger partial charge in [-0.1, -0.05) is 5.16 Å². The summed E-state index contributed by atoms with van der Waals surface area (Å²) in [7, 11) is 0. The Bertz CT molecular complexity index is 406. The molecule has 86 valence electrons. The molecule has 1 aromatic rings. The zero-order chi connectivity index (χ0) is 11.4. The van der Waals surface area contributed by atoms with Crippen molar-refractivity contribution in [1.82, 2.24) is 0 Å². The lowest BCUT2D eigenvalue weighted by molar-refractivity contribution is 0.170. The molecule has 0 saturated carbocycles. The molecular weight excluding hydrogens is 212 g/mol. The van der Waals surface area contributed by atoms with E-state index in [9.17, 15) is 0 Å². The first kappa shape index (κ1) is 10.4. The SMILES string of the molecule is NC(COc1ccc2c(c1)OCCO2)=NO. The van der Waals surface area contributed by atoms with Gasteiger partial charge in [0.15, 0.2) is 17.3 Å². The van der Waals surface area contributed by atoms with Crippen LogP contribution in [0.1, 0.15) is 0 Å². The highest BCUT2D eigenvalue weighted by Crippen LogP contribution is 2.33. The smallest absolute Gasteiger partial charge is 0.177 e. The van der Waals surface area contributed by atoms with Gasteiger partial charge in [0.25, 0.3) is 0 Å². The lowest BCUT2D eigenvalue weighted by atomic mass is 10.3. The van der Waals surface area contributed by atoms with E-state index in [2.05, 4.69) is 5.16 Å². The molecule has 0 unspecified atom stereocenters. The Labute approximate surface area is 92.2 Å². The van der Waals surface area contributed by atoms with Gasteiger partial charge in [0, 0.05) is 6.07 Å². The van der Waals surface area contributed by atoms with Crippen LogP contribution in [0.5, 0.6) is 17.2 Å². The molecule has 3 N–H and O–H groups in total. The number of amidine groups is 1. The van der Waals surface area contributed by atoms with Gasteiger partial charge >= 0.3 is 0 Å². The third-order valence-corrected chi connectivity index (χ3v) is 2.03. The Balaban J connectivity index is 2.05. The van der Waals surface area contributed by atoms with Gasteiger partial charge in [-0.25, -0.2) is 0 Å². The standard InChI is InChI=1S/C10H12N2O4/c11-10(12-13)6-16-7-1-2-8-9(5-7)15-4-3-14-8/h1-2,5,13H,3-4,6H2,(H2,11,12). The van der Waals surface area contributed by atoms with E-state index in [1.54, 1.807) is 18.2 Å². The molecule has 0 spiro atoms. The third kappa shape index (κ3) is 2.28. The molecule has 0 aliphatic carbocycles.